The molecule has 0 heterocycles. The number of rotatable bonds is 6. The molecule has 0 saturated heterocycles. The molecule has 0 aliphatic rings. The molecule has 114 valence electrons. The summed E-state index contributed by atoms with van der Waals surface area (Å²) in [5.74, 6) is -0.946. The zero-order valence-corrected chi connectivity index (χ0v) is 12.2. The third kappa shape index (κ3) is 4.34. The molecule has 1 unspecified atom stereocenters. The third-order valence-corrected chi connectivity index (χ3v) is 3.07. The number of nitrogens with one attached hydrogen (secondary N) is 1. The van der Waals surface area contributed by atoms with E-state index in [0.29, 0.717) is 12.3 Å². The Morgan fingerprint density at radius 2 is 1.86 bits per heavy atom. The zero-order chi connectivity index (χ0) is 15.9. The summed E-state index contributed by atoms with van der Waals surface area (Å²) < 4.78 is 5.48. The number of carboxylic acid groups (broad SMARTS) is 1. The summed E-state index contributed by atoms with van der Waals surface area (Å²) in [7, 11) is 0. The van der Waals surface area contributed by atoms with Crippen LogP contribution in [0.3, 0.4) is 0 Å². The Morgan fingerprint density at radius 1 is 1.14 bits per heavy atom. The standard InChI is InChI=1S/C17H17NO4/c1-12(16(19)18-11-13-6-3-2-4-7-13)22-15-9-5-8-14(10-15)17(20)21/h2-10,12H,11H2,1H3,(H,18,19)(H,20,21). The zero-order valence-electron chi connectivity index (χ0n) is 12.2. The van der Waals surface area contributed by atoms with Crippen molar-refractivity contribution in [2.45, 2.75) is 19.6 Å². The lowest BCUT2D eigenvalue weighted by Gasteiger charge is -2.15. The number of benzene rings is 2. The predicted molar refractivity (Wildman–Crippen MR) is 81.8 cm³/mol. The van der Waals surface area contributed by atoms with Crippen LogP contribution in [-0.4, -0.2) is 23.1 Å². The summed E-state index contributed by atoms with van der Waals surface area (Å²) in [6.07, 6.45) is -0.715. The van der Waals surface area contributed by atoms with Crippen molar-refractivity contribution < 1.29 is 19.4 Å². The molecule has 22 heavy (non-hydrogen) atoms. The summed E-state index contributed by atoms with van der Waals surface area (Å²) in [6.45, 7) is 2.04. The Balaban J connectivity index is 1.91. The van der Waals surface area contributed by atoms with Crippen LogP contribution in [0.5, 0.6) is 5.75 Å². The van der Waals surface area contributed by atoms with Gasteiger partial charge in [0, 0.05) is 6.54 Å². The lowest BCUT2D eigenvalue weighted by molar-refractivity contribution is -0.127. The van der Waals surface area contributed by atoms with Gasteiger partial charge in [0.15, 0.2) is 6.10 Å². The normalized spacial score (nSPS) is 11.5. The molecule has 5 nitrogen and oxygen atoms in total. The largest absolute Gasteiger partial charge is 0.481 e. The number of hydrogen-bond acceptors (Lipinski definition) is 3. The SMILES string of the molecule is CC(Oc1cccc(C(=O)O)c1)C(=O)NCc1ccccc1. The van der Waals surface area contributed by atoms with Gasteiger partial charge in [-0.25, -0.2) is 4.79 Å². The Hall–Kier alpha value is -2.82. The highest BCUT2D eigenvalue weighted by Gasteiger charge is 2.15. The first-order valence-corrected chi connectivity index (χ1v) is 6.88. The summed E-state index contributed by atoms with van der Waals surface area (Å²) >= 11 is 0. The highest BCUT2D eigenvalue weighted by molar-refractivity contribution is 5.88. The average molecular weight is 299 g/mol. The Kier molecular flexibility index (Phi) is 5.14. The van der Waals surface area contributed by atoms with E-state index >= 15 is 0 Å². The molecule has 0 aliphatic carbocycles. The molecule has 2 aromatic rings. The van der Waals surface area contributed by atoms with Gasteiger partial charge in [-0.05, 0) is 30.7 Å². The van der Waals surface area contributed by atoms with Gasteiger partial charge in [-0.15, -0.1) is 0 Å². The van der Waals surface area contributed by atoms with Crippen molar-refractivity contribution in [3.05, 3.63) is 65.7 Å². The maximum Gasteiger partial charge on any atom is 0.335 e. The van der Waals surface area contributed by atoms with Crippen molar-refractivity contribution in [3.63, 3.8) is 0 Å². The number of carbonyl (C=O) groups is 2. The van der Waals surface area contributed by atoms with E-state index in [0.717, 1.165) is 5.56 Å². The first-order chi connectivity index (χ1) is 10.6. The number of amides is 1. The fourth-order valence-corrected chi connectivity index (χ4v) is 1.89. The van der Waals surface area contributed by atoms with Crippen molar-refractivity contribution in [1.29, 1.82) is 0 Å². The molecule has 2 N–H and O–H groups in total. The molecule has 0 bridgehead atoms. The fourth-order valence-electron chi connectivity index (χ4n) is 1.89. The van der Waals surface area contributed by atoms with E-state index in [4.69, 9.17) is 9.84 Å². The Morgan fingerprint density at radius 3 is 2.55 bits per heavy atom. The molecule has 0 fully saturated rings. The van der Waals surface area contributed by atoms with Crippen LogP contribution in [0.2, 0.25) is 0 Å². The molecule has 0 aliphatic heterocycles. The molecule has 2 aromatic carbocycles. The first-order valence-electron chi connectivity index (χ1n) is 6.88. The van der Waals surface area contributed by atoms with Crippen molar-refractivity contribution in [3.8, 4) is 5.75 Å². The molecule has 0 radical (unpaired) electrons. The highest BCUT2D eigenvalue weighted by atomic mass is 16.5. The first kappa shape index (κ1) is 15.6. The minimum absolute atomic E-state index is 0.120. The smallest absolute Gasteiger partial charge is 0.335 e. The molecule has 0 saturated carbocycles. The van der Waals surface area contributed by atoms with Gasteiger partial charge in [0.2, 0.25) is 0 Å². The lowest BCUT2D eigenvalue weighted by Crippen LogP contribution is -2.35. The van der Waals surface area contributed by atoms with Gasteiger partial charge < -0.3 is 15.2 Å². The molecule has 0 aromatic heterocycles. The predicted octanol–water partition coefficient (Wildman–Crippen LogP) is 2.47. The second-order valence-corrected chi connectivity index (χ2v) is 4.80. The molecule has 2 rings (SSSR count). The van der Waals surface area contributed by atoms with E-state index < -0.39 is 12.1 Å². The molecule has 1 atom stereocenters. The van der Waals surface area contributed by atoms with Crippen LogP contribution in [0, 0.1) is 0 Å². The Bertz CT molecular complexity index is 655. The van der Waals surface area contributed by atoms with Crippen LogP contribution in [-0.2, 0) is 11.3 Å². The minimum Gasteiger partial charge on any atom is -0.481 e. The summed E-state index contributed by atoms with van der Waals surface area (Å²) in [6, 6.07) is 15.6. The van der Waals surface area contributed by atoms with E-state index in [1.165, 1.54) is 12.1 Å². The summed E-state index contributed by atoms with van der Waals surface area (Å²) in [4.78, 5) is 22.9. The molecular weight excluding hydrogens is 282 g/mol. The fraction of sp³-hybridized carbons (Fsp3) is 0.176. The monoisotopic (exact) mass is 299 g/mol. The Labute approximate surface area is 128 Å². The molecule has 1 amide bonds. The lowest BCUT2D eigenvalue weighted by atomic mass is 10.2. The van der Waals surface area contributed by atoms with Crippen LogP contribution >= 0.6 is 0 Å². The second-order valence-electron chi connectivity index (χ2n) is 4.80. The van der Waals surface area contributed by atoms with E-state index in [2.05, 4.69) is 5.32 Å². The third-order valence-electron chi connectivity index (χ3n) is 3.07. The van der Waals surface area contributed by atoms with Crippen LogP contribution in [0.25, 0.3) is 0 Å². The van der Waals surface area contributed by atoms with Crippen molar-refractivity contribution >= 4 is 11.9 Å². The quantitative estimate of drug-likeness (QED) is 0.859. The number of hydrogen-bond donors (Lipinski definition) is 2. The second kappa shape index (κ2) is 7.26. The van der Waals surface area contributed by atoms with Gasteiger partial charge >= 0.3 is 5.97 Å². The van der Waals surface area contributed by atoms with E-state index in [1.54, 1.807) is 19.1 Å². The van der Waals surface area contributed by atoms with Crippen molar-refractivity contribution in [1.82, 2.24) is 5.32 Å². The number of aromatic carboxylic acids is 1. The van der Waals surface area contributed by atoms with Gasteiger partial charge in [-0.1, -0.05) is 36.4 Å². The van der Waals surface area contributed by atoms with Crippen LogP contribution in [0.4, 0.5) is 0 Å². The van der Waals surface area contributed by atoms with Crippen LogP contribution < -0.4 is 10.1 Å². The molecular formula is C17H17NO4. The topological polar surface area (TPSA) is 75.6 Å². The van der Waals surface area contributed by atoms with Gasteiger partial charge in [-0.2, -0.15) is 0 Å². The summed E-state index contributed by atoms with van der Waals surface area (Å²) in [5, 5.41) is 11.7. The van der Waals surface area contributed by atoms with Crippen LogP contribution in [0.1, 0.15) is 22.8 Å². The molecule has 0 spiro atoms. The maximum atomic E-state index is 12.0. The van der Waals surface area contributed by atoms with E-state index in [1.807, 2.05) is 30.3 Å². The van der Waals surface area contributed by atoms with Gasteiger partial charge in [-0.3, -0.25) is 4.79 Å². The number of ether oxygens (including phenoxy) is 1. The van der Waals surface area contributed by atoms with Gasteiger partial charge in [0.05, 0.1) is 5.56 Å². The van der Waals surface area contributed by atoms with E-state index in [9.17, 15) is 9.59 Å². The van der Waals surface area contributed by atoms with Crippen molar-refractivity contribution in [2.24, 2.45) is 0 Å². The van der Waals surface area contributed by atoms with Crippen LogP contribution in [0.15, 0.2) is 54.6 Å². The summed E-state index contributed by atoms with van der Waals surface area (Å²) in [5.41, 5.74) is 1.12. The number of carbonyl (C=O) groups excluding carboxylic acids is 1. The highest BCUT2D eigenvalue weighted by Crippen LogP contribution is 2.15. The van der Waals surface area contributed by atoms with E-state index in [-0.39, 0.29) is 11.5 Å². The average Bonchev–Trinajstić information content (AvgIpc) is 2.53. The number of carboxylic acids is 1. The maximum absolute atomic E-state index is 12.0. The van der Waals surface area contributed by atoms with Gasteiger partial charge in [0.1, 0.15) is 5.75 Å². The van der Waals surface area contributed by atoms with Crippen molar-refractivity contribution in [2.75, 3.05) is 0 Å². The van der Waals surface area contributed by atoms with Gasteiger partial charge in [0.25, 0.3) is 5.91 Å². The minimum atomic E-state index is -1.04. The molecule has 5 heteroatoms.